The van der Waals surface area contributed by atoms with Crippen LogP contribution in [-0.2, 0) is 17.5 Å². The van der Waals surface area contributed by atoms with Crippen molar-refractivity contribution in [1.29, 1.82) is 0 Å². The normalized spacial score (nSPS) is 15.3. The number of nitrogens with one attached hydrogen (secondary N) is 1. The topological polar surface area (TPSA) is 35.6 Å². The number of carbonyl (C=O) groups excluding carboxylic acids is 1. The minimum absolute atomic E-state index is 0. The zero-order valence-electron chi connectivity index (χ0n) is 13.8. The van der Waals surface area contributed by atoms with E-state index in [0.717, 1.165) is 30.8 Å². The summed E-state index contributed by atoms with van der Waals surface area (Å²) < 4.78 is 38.0. The number of piperazine rings is 1. The molecule has 2 rings (SSSR count). The predicted octanol–water partition coefficient (Wildman–Crippen LogP) is 2.30. The molecule has 4 nitrogen and oxygen atoms in total. The van der Waals surface area contributed by atoms with Crippen molar-refractivity contribution in [3.05, 3.63) is 34.9 Å². The fraction of sp³-hybridized carbons (Fsp3) is 0.562. The summed E-state index contributed by atoms with van der Waals surface area (Å²) in [6.07, 6.45) is -4.33. The maximum absolute atomic E-state index is 12.7. The summed E-state index contributed by atoms with van der Waals surface area (Å²) in [4.78, 5) is 15.8. The smallest absolute Gasteiger partial charge is 0.339 e. The molecule has 1 aliphatic heterocycles. The van der Waals surface area contributed by atoms with Gasteiger partial charge in [0.15, 0.2) is 0 Å². The average molecular weight is 366 g/mol. The van der Waals surface area contributed by atoms with E-state index in [1.165, 1.54) is 6.07 Å². The maximum Gasteiger partial charge on any atom is 0.416 e. The molecule has 0 bridgehead atoms. The number of likely N-dealkylation sites (N-methyl/N-ethyl adjacent to an activating group) is 1. The lowest BCUT2D eigenvalue weighted by Gasteiger charge is -2.29. The number of hydrogen-bond donors (Lipinski definition) is 1. The second-order valence-electron chi connectivity index (χ2n) is 5.94. The van der Waals surface area contributed by atoms with Crippen LogP contribution in [0.25, 0.3) is 0 Å². The molecule has 1 aromatic rings. The Morgan fingerprint density at radius 3 is 2.46 bits per heavy atom. The summed E-state index contributed by atoms with van der Waals surface area (Å²) in [5.74, 6) is 0.0542. The van der Waals surface area contributed by atoms with Crippen molar-refractivity contribution in [3.63, 3.8) is 0 Å². The molecule has 8 heteroatoms. The Hall–Kier alpha value is -1.31. The van der Waals surface area contributed by atoms with Crippen molar-refractivity contribution in [2.24, 2.45) is 0 Å². The van der Waals surface area contributed by atoms with Gasteiger partial charge in [-0.3, -0.25) is 9.69 Å². The molecule has 1 fully saturated rings. The summed E-state index contributed by atoms with van der Waals surface area (Å²) in [6, 6.07) is 3.74. The summed E-state index contributed by atoms with van der Waals surface area (Å²) in [5, 5.41) is 3.19. The van der Waals surface area contributed by atoms with Gasteiger partial charge in [-0.05, 0) is 37.2 Å². The molecular weight excluding hydrogens is 343 g/mol. The molecule has 1 heterocycles. The van der Waals surface area contributed by atoms with Crippen LogP contribution in [0.4, 0.5) is 13.2 Å². The lowest BCUT2D eigenvalue weighted by atomic mass is 10.0. The first kappa shape index (κ1) is 20.7. The standard InChI is InChI=1S/C16H22F3N3O.ClH/c1-12-9-14(16(17,18)19)4-3-13(12)10-21(2)11-15(23)22-7-5-20-6-8-22;/h3-4,9,20H,5-8,10-11H2,1-2H3;1H. The summed E-state index contributed by atoms with van der Waals surface area (Å²) in [5.41, 5.74) is 0.744. The Labute approximate surface area is 146 Å². The largest absolute Gasteiger partial charge is 0.416 e. The Morgan fingerprint density at radius 2 is 1.92 bits per heavy atom. The van der Waals surface area contributed by atoms with Crippen LogP contribution in [0.5, 0.6) is 0 Å². The first-order valence-corrected chi connectivity index (χ1v) is 7.61. The fourth-order valence-corrected chi connectivity index (χ4v) is 2.64. The van der Waals surface area contributed by atoms with E-state index >= 15 is 0 Å². The molecule has 24 heavy (non-hydrogen) atoms. The number of alkyl halides is 3. The van der Waals surface area contributed by atoms with Crippen LogP contribution in [0.2, 0.25) is 0 Å². The van der Waals surface area contributed by atoms with E-state index in [1.54, 1.807) is 14.0 Å². The lowest BCUT2D eigenvalue weighted by Crippen LogP contribution is -2.49. The van der Waals surface area contributed by atoms with Crippen molar-refractivity contribution in [2.75, 3.05) is 39.8 Å². The highest BCUT2D eigenvalue weighted by Gasteiger charge is 2.30. The van der Waals surface area contributed by atoms with Crippen LogP contribution >= 0.6 is 12.4 Å². The lowest BCUT2D eigenvalue weighted by molar-refractivity contribution is -0.137. The van der Waals surface area contributed by atoms with Crippen molar-refractivity contribution in [1.82, 2.24) is 15.1 Å². The van der Waals surface area contributed by atoms with Crippen molar-refractivity contribution in [3.8, 4) is 0 Å². The molecule has 1 aliphatic rings. The zero-order valence-corrected chi connectivity index (χ0v) is 14.6. The predicted molar refractivity (Wildman–Crippen MR) is 89.2 cm³/mol. The Balaban J connectivity index is 0.00000288. The maximum atomic E-state index is 12.7. The van der Waals surface area contributed by atoms with Gasteiger partial charge >= 0.3 is 6.18 Å². The van der Waals surface area contributed by atoms with Gasteiger partial charge in [-0.15, -0.1) is 12.4 Å². The molecule has 0 aromatic heterocycles. The van der Waals surface area contributed by atoms with Crippen molar-refractivity contribution < 1.29 is 18.0 Å². The number of rotatable bonds is 4. The van der Waals surface area contributed by atoms with E-state index in [-0.39, 0.29) is 24.9 Å². The van der Waals surface area contributed by atoms with Gasteiger partial charge in [-0.2, -0.15) is 13.2 Å². The van der Waals surface area contributed by atoms with E-state index < -0.39 is 11.7 Å². The average Bonchev–Trinajstić information content (AvgIpc) is 2.49. The van der Waals surface area contributed by atoms with Crippen LogP contribution < -0.4 is 5.32 Å². The van der Waals surface area contributed by atoms with Crippen LogP contribution in [-0.4, -0.2) is 55.5 Å². The molecule has 1 aromatic carbocycles. The highest BCUT2D eigenvalue weighted by molar-refractivity contribution is 5.85. The molecule has 0 aliphatic carbocycles. The van der Waals surface area contributed by atoms with Crippen LogP contribution in [0.3, 0.4) is 0 Å². The SMILES string of the molecule is Cc1cc(C(F)(F)F)ccc1CN(C)CC(=O)N1CCNCC1.Cl. The number of amides is 1. The monoisotopic (exact) mass is 365 g/mol. The van der Waals surface area contributed by atoms with Gasteiger partial charge < -0.3 is 10.2 Å². The molecule has 0 atom stereocenters. The Morgan fingerprint density at radius 1 is 1.29 bits per heavy atom. The third-order valence-corrected chi connectivity index (χ3v) is 3.99. The second-order valence-corrected chi connectivity index (χ2v) is 5.94. The Kier molecular flexibility index (Phi) is 7.51. The van der Waals surface area contributed by atoms with E-state index in [1.807, 2.05) is 9.80 Å². The quantitative estimate of drug-likeness (QED) is 0.889. The number of hydrogen-bond acceptors (Lipinski definition) is 3. The summed E-state index contributed by atoms with van der Waals surface area (Å²) in [7, 11) is 1.80. The van der Waals surface area contributed by atoms with Gasteiger partial charge in [-0.1, -0.05) is 6.07 Å². The molecule has 136 valence electrons. The van der Waals surface area contributed by atoms with Crippen molar-refractivity contribution >= 4 is 18.3 Å². The van der Waals surface area contributed by atoms with Crippen LogP contribution in [0.15, 0.2) is 18.2 Å². The van der Waals surface area contributed by atoms with E-state index in [2.05, 4.69) is 5.32 Å². The summed E-state index contributed by atoms with van der Waals surface area (Å²) >= 11 is 0. The minimum Gasteiger partial charge on any atom is -0.339 e. The van der Waals surface area contributed by atoms with Crippen LogP contribution in [0, 0.1) is 6.92 Å². The van der Waals surface area contributed by atoms with Gasteiger partial charge in [0.1, 0.15) is 0 Å². The molecule has 0 spiro atoms. The van der Waals surface area contributed by atoms with Gasteiger partial charge in [-0.25, -0.2) is 0 Å². The molecule has 0 unspecified atom stereocenters. The molecule has 0 radical (unpaired) electrons. The third-order valence-electron chi connectivity index (χ3n) is 3.99. The highest BCUT2D eigenvalue weighted by Crippen LogP contribution is 2.30. The fourth-order valence-electron chi connectivity index (χ4n) is 2.64. The van der Waals surface area contributed by atoms with Gasteiger partial charge in [0.2, 0.25) is 5.91 Å². The molecule has 0 saturated carbocycles. The number of aryl methyl sites for hydroxylation is 1. The van der Waals surface area contributed by atoms with E-state index in [4.69, 9.17) is 0 Å². The van der Waals surface area contributed by atoms with Crippen molar-refractivity contribution in [2.45, 2.75) is 19.6 Å². The van der Waals surface area contributed by atoms with Gasteiger partial charge in [0, 0.05) is 32.7 Å². The molecule has 1 amide bonds. The number of carbonyl (C=O) groups is 1. The number of benzene rings is 1. The molecule has 1 N–H and O–H groups in total. The highest BCUT2D eigenvalue weighted by atomic mass is 35.5. The number of halogens is 4. The van der Waals surface area contributed by atoms with Gasteiger partial charge in [0.25, 0.3) is 0 Å². The molecule has 1 saturated heterocycles. The third kappa shape index (κ3) is 5.65. The Bertz CT molecular complexity index is 560. The summed E-state index contributed by atoms with van der Waals surface area (Å²) in [6.45, 7) is 5.37. The van der Waals surface area contributed by atoms with Gasteiger partial charge in [0.05, 0.1) is 12.1 Å². The first-order chi connectivity index (χ1) is 10.8. The second kappa shape index (κ2) is 8.69. The minimum atomic E-state index is -4.33. The van der Waals surface area contributed by atoms with Crippen LogP contribution in [0.1, 0.15) is 16.7 Å². The zero-order chi connectivity index (χ0) is 17.0. The van der Waals surface area contributed by atoms with E-state index in [0.29, 0.717) is 25.2 Å². The number of nitrogens with zero attached hydrogens (tertiary/aromatic N) is 2. The molecular formula is C16H23ClF3N3O. The van der Waals surface area contributed by atoms with E-state index in [9.17, 15) is 18.0 Å². The first-order valence-electron chi connectivity index (χ1n) is 7.61.